The maximum absolute atomic E-state index is 12.6. The van der Waals surface area contributed by atoms with Gasteiger partial charge in [0.05, 0.1) is 5.92 Å². The topological polar surface area (TPSA) is 78.5 Å². The predicted octanol–water partition coefficient (Wildman–Crippen LogP) is -0.362. The first-order valence-electron chi connectivity index (χ1n) is 6.92. The molecule has 0 saturated carbocycles. The zero-order chi connectivity index (χ0) is 14.0. The largest absolute Gasteiger partial charge is 0.321 e. The molecular weight excluding hydrogens is 246 g/mol. The van der Waals surface area contributed by atoms with Crippen molar-refractivity contribution in [1.29, 1.82) is 0 Å². The molecule has 2 heterocycles. The summed E-state index contributed by atoms with van der Waals surface area (Å²) in [7, 11) is 0. The van der Waals surface area contributed by atoms with Gasteiger partial charge < -0.3 is 10.2 Å². The van der Waals surface area contributed by atoms with Crippen LogP contribution in [0.2, 0.25) is 0 Å². The molecule has 19 heavy (non-hydrogen) atoms. The van der Waals surface area contributed by atoms with Crippen molar-refractivity contribution in [2.45, 2.75) is 45.2 Å². The molecule has 6 nitrogen and oxygen atoms in total. The van der Waals surface area contributed by atoms with Gasteiger partial charge in [0.1, 0.15) is 12.6 Å². The summed E-state index contributed by atoms with van der Waals surface area (Å²) in [6, 6.07) is -0.418. The summed E-state index contributed by atoms with van der Waals surface area (Å²) in [6.45, 7) is 4.74. The first-order chi connectivity index (χ1) is 9.04. The zero-order valence-corrected chi connectivity index (χ0v) is 11.4. The van der Waals surface area contributed by atoms with Crippen LogP contribution in [-0.2, 0) is 14.4 Å². The molecule has 0 aromatic rings. The number of carbonyl (C=O) groups is 3. The van der Waals surface area contributed by atoms with E-state index in [0.717, 1.165) is 19.4 Å². The first kappa shape index (κ1) is 14.0. The lowest BCUT2D eigenvalue weighted by atomic mass is 9.89. The van der Waals surface area contributed by atoms with E-state index in [1.807, 2.05) is 13.8 Å². The molecule has 2 fully saturated rings. The number of nitrogens with zero attached hydrogens (tertiary/aromatic N) is 1. The Morgan fingerprint density at radius 1 is 1.42 bits per heavy atom. The Balaban J connectivity index is 2.15. The van der Waals surface area contributed by atoms with Gasteiger partial charge in [-0.1, -0.05) is 6.92 Å². The summed E-state index contributed by atoms with van der Waals surface area (Å²) in [6.07, 6.45) is 2.29. The Labute approximate surface area is 112 Å². The number of nitrogens with one attached hydrogen (secondary N) is 2. The molecular formula is C13H21N3O3. The molecule has 0 bridgehead atoms. The number of hydrogen-bond donors (Lipinski definition) is 2. The molecule has 3 unspecified atom stereocenters. The van der Waals surface area contributed by atoms with Gasteiger partial charge in [-0.15, -0.1) is 0 Å². The lowest BCUT2D eigenvalue weighted by molar-refractivity contribution is -0.153. The van der Waals surface area contributed by atoms with E-state index in [2.05, 4.69) is 10.6 Å². The normalized spacial score (nSPS) is 32.1. The number of carbonyl (C=O) groups excluding carboxylic acids is 3. The third-order valence-corrected chi connectivity index (χ3v) is 4.00. The number of hydrogen-bond acceptors (Lipinski definition) is 4. The average Bonchev–Trinajstić information content (AvgIpc) is 2.37. The molecule has 0 aromatic carbocycles. The smallest absolute Gasteiger partial charge is 0.249 e. The van der Waals surface area contributed by atoms with Crippen molar-refractivity contribution in [3.8, 4) is 0 Å². The van der Waals surface area contributed by atoms with Crippen LogP contribution in [0.4, 0.5) is 0 Å². The van der Waals surface area contributed by atoms with E-state index >= 15 is 0 Å². The van der Waals surface area contributed by atoms with Gasteiger partial charge in [0, 0.05) is 6.04 Å². The number of piperidine rings is 1. The molecule has 0 spiro atoms. The van der Waals surface area contributed by atoms with E-state index in [1.165, 1.54) is 4.90 Å². The van der Waals surface area contributed by atoms with E-state index in [1.54, 1.807) is 0 Å². The molecule has 6 heteroatoms. The Morgan fingerprint density at radius 2 is 2.16 bits per heavy atom. The van der Waals surface area contributed by atoms with Gasteiger partial charge in [-0.05, 0) is 32.7 Å². The number of imide groups is 1. The average molecular weight is 267 g/mol. The van der Waals surface area contributed by atoms with E-state index in [9.17, 15) is 14.4 Å². The summed E-state index contributed by atoms with van der Waals surface area (Å²) < 4.78 is 0. The standard InChI is InChI=1S/C13H21N3O3/c1-3-10-12(18)15-11(17)7-16(10)13(19)9-5-4-6-14-8(9)2/h8-10,14H,3-7H2,1-2H3,(H,15,17,18). The SMILES string of the molecule is CCC1C(=O)NC(=O)CN1C(=O)C1CCCNC1C. The van der Waals surface area contributed by atoms with Gasteiger partial charge in [-0.25, -0.2) is 0 Å². The van der Waals surface area contributed by atoms with Crippen molar-refractivity contribution in [1.82, 2.24) is 15.5 Å². The van der Waals surface area contributed by atoms with Crippen LogP contribution in [0.25, 0.3) is 0 Å². The van der Waals surface area contributed by atoms with E-state index < -0.39 is 6.04 Å². The monoisotopic (exact) mass is 267 g/mol. The summed E-state index contributed by atoms with van der Waals surface area (Å²) in [5.74, 6) is -0.959. The minimum Gasteiger partial charge on any atom is -0.321 e. The van der Waals surface area contributed by atoms with Gasteiger partial charge in [0.15, 0.2) is 0 Å². The van der Waals surface area contributed by atoms with E-state index in [4.69, 9.17) is 0 Å². The molecule has 2 aliphatic heterocycles. The summed E-state index contributed by atoms with van der Waals surface area (Å²) in [5.41, 5.74) is 0. The second kappa shape index (κ2) is 5.69. The lowest BCUT2D eigenvalue weighted by Crippen LogP contribution is -2.62. The molecule has 2 saturated heterocycles. The second-order valence-electron chi connectivity index (χ2n) is 5.29. The molecule has 3 amide bonds. The highest BCUT2D eigenvalue weighted by Gasteiger charge is 2.40. The van der Waals surface area contributed by atoms with Crippen molar-refractivity contribution < 1.29 is 14.4 Å². The van der Waals surface area contributed by atoms with Crippen LogP contribution >= 0.6 is 0 Å². The molecule has 0 radical (unpaired) electrons. The van der Waals surface area contributed by atoms with Crippen LogP contribution in [0.5, 0.6) is 0 Å². The van der Waals surface area contributed by atoms with Crippen molar-refractivity contribution in [2.24, 2.45) is 5.92 Å². The highest BCUT2D eigenvalue weighted by molar-refractivity contribution is 6.04. The van der Waals surface area contributed by atoms with Crippen molar-refractivity contribution in [2.75, 3.05) is 13.1 Å². The molecule has 0 aromatic heterocycles. The van der Waals surface area contributed by atoms with Crippen molar-refractivity contribution >= 4 is 17.7 Å². The molecule has 2 N–H and O–H groups in total. The Hall–Kier alpha value is -1.43. The Kier molecular flexibility index (Phi) is 4.19. The van der Waals surface area contributed by atoms with Crippen LogP contribution in [0.1, 0.15) is 33.1 Å². The lowest BCUT2D eigenvalue weighted by Gasteiger charge is -2.38. The van der Waals surface area contributed by atoms with Gasteiger partial charge >= 0.3 is 0 Å². The van der Waals surface area contributed by atoms with Gasteiger partial charge in [0.25, 0.3) is 0 Å². The van der Waals surface area contributed by atoms with E-state index in [0.29, 0.717) is 6.42 Å². The van der Waals surface area contributed by atoms with Gasteiger partial charge in [-0.2, -0.15) is 0 Å². The van der Waals surface area contributed by atoms with E-state index in [-0.39, 0.29) is 36.2 Å². The molecule has 3 atom stereocenters. The summed E-state index contributed by atoms with van der Waals surface area (Å²) in [5, 5.41) is 5.57. The Bertz CT molecular complexity index is 397. The fraction of sp³-hybridized carbons (Fsp3) is 0.769. The number of amides is 3. The number of rotatable bonds is 2. The fourth-order valence-electron chi connectivity index (χ4n) is 2.90. The summed E-state index contributed by atoms with van der Waals surface area (Å²) >= 11 is 0. The highest BCUT2D eigenvalue weighted by Crippen LogP contribution is 2.22. The van der Waals surface area contributed by atoms with Crippen LogP contribution < -0.4 is 10.6 Å². The molecule has 2 aliphatic rings. The fourth-order valence-corrected chi connectivity index (χ4v) is 2.90. The van der Waals surface area contributed by atoms with Crippen LogP contribution in [0, 0.1) is 5.92 Å². The van der Waals surface area contributed by atoms with Gasteiger partial charge in [-0.3, -0.25) is 19.7 Å². The molecule has 2 rings (SSSR count). The third-order valence-electron chi connectivity index (χ3n) is 4.00. The zero-order valence-electron chi connectivity index (χ0n) is 11.4. The molecule has 0 aliphatic carbocycles. The predicted molar refractivity (Wildman–Crippen MR) is 69.1 cm³/mol. The van der Waals surface area contributed by atoms with Crippen molar-refractivity contribution in [3.63, 3.8) is 0 Å². The highest BCUT2D eigenvalue weighted by atomic mass is 16.2. The third kappa shape index (κ3) is 2.78. The number of piperazine rings is 1. The van der Waals surface area contributed by atoms with Crippen LogP contribution in [-0.4, -0.2) is 47.8 Å². The quantitative estimate of drug-likeness (QED) is 0.670. The minimum atomic E-state index is -0.515. The minimum absolute atomic E-state index is 0.00764. The maximum Gasteiger partial charge on any atom is 0.249 e. The summed E-state index contributed by atoms with van der Waals surface area (Å²) in [4.78, 5) is 37.3. The molecule has 106 valence electrons. The van der Waals surface area contributed by atoms with Gasteiger partial charge in [0.2, 0.25) is 17.7 Å². The van der Waals surface area contributed by atoms with Crippen LogP contribution in [0.15, 0.2) is 0 Å². The van der Waals surface area contributed by atoms with Crippen molar-refractivity contribution in [3.05, 3.63) is 0 Å². The van der Waals surface area contributed by atoms with Crippen LogP contribution in [0.3, 0.4) is 0 Å². The second-order valence-corrected chi connectivity index (χ2v) is 5.29. The Morgan fingerprint density at radius 3 is 2.79 bits per heavy atom. The maximum atomic E-state index is 12.6. The first-order valence-corrected chi connectivity index (χ1v) is 6.92.